The average Bonchev–Trinajstić information content (AvgIpc) is 3.36. The second-order valence-corrected chi connectivity index (χ2v) is 8.34. The molecule has 0 N–H and O–H groups in total. The van der Waals surface area contributed by atoms with Crippen LogP contribution in [0.15, 0.2) is 36.4 Å². The van der Waals surface area contributed by atoms with Crippen LogP contribution in [0.25, 0.3) is 10.2 Å². The molecule has 1 saturated heterocycles. The first-order chi connectivity index (χ1) is 14.4. The van der Waals surface area contributed by atoms with Gasteiger partial charge < -0.3 is 14.4 Å². The number of thiazole rings is 1. The number of benzene rings is 2. The molecule has 0 aliphatic carbocycles. The van der Waals surface area contributed by atoms with Crippen LogP contribution in [0.5, 0.6) is 11.5 Å². The molecule has 1 atom stereocenters. The number of anilines is 2. The summed E-state index contributed by atoms with van der Waals surface area (Å²) < 4.78 is 11.6. The van der Waals surface area contributed by atoms with E-state index in [0.29, 0.717) is 27.3 Å². The van der Waals surface area contributed by atoms with Gasteiger partial charge in [0.25, 0.3) is 0 Å². The van der Waals surface area contributed by atoms with Crippen molar-refractivity contribution in [3.8, 4) is 11.5 Å². The second-order valence-electron chi connectivity index (χ2n) is 6.93. The van der Waals surface area contributed by atoms with E-state index in [2.05, 4.69) is 4.98 Å². The first kappa shape index (κ1) is 20.4. The highest BCUT2D eigenvalue weighted by Gasteiger charge is 2.38. The van der Waals surface area contributed by atoms with Gasteiger partial charge in [-0.15, -0.1) is 0 Å². The molecule has 1 fully saturated rings. The molecule has 2 aromatic carbocycles. The Morgan fingerprint density at radius 1 is 1.23 bits per heavy atom. The third-order valence-corrected chi connectivity index (χ3v) is 6.53. The Morgan fingerprint density at radius 2 is 1.97 bits per heavy atom. The number of ether oxygens (including phenoxy) is 2. The number of halogens is 1. The Labute approximate surface area is 182 Å². The third-order valence-electron chi connectivity index (χ3n) is 5.12. The summed E-state index contributed by atoms with van der Waals surface area (Å²) >= 11 is 7.70. The van der Waals surface area contributed by atoms with Crippen molar-refractivity contribution in [1.82, 2.24) is 4.98 Å². The molecule has 0 saturated carbocycles. The zero-order valence-electron chi connectivity index (χ0n) is 16.7. The number of hydrogen-bond donors (Lipinski definition) is 0. The lowest BCUT2D eigenvalue weighted by Gasteiger charge is -2.22. The molecule has 2 amide bonds. The van der Waals surface area contributed by atoms with Gasteiger partial charge in [-0.25, -0.2) is 4.98 Å². The zero-order valence-corrected chi connectivity index (χ0v) is 18.3. The first-order valence-electron chi connectivity index (χ1n) is 9.28. The van der Waals surface area contributed by atoms with Crippen molar-refractivity contribution in [2.24, 2.45) is 5.92 Å². The fourth-order valence-corrected chi connectivity index (χ4v) is 4.70. The van der Waals surface area contributed by atoms with Crippen LogP contribution in [-0.2, 0) is 9.59 Å². The number of nitrogens with zero attached hydrogens (tertiary/aromatic N) is 3. The van der Waals surface area contributed by atoms with E-state index < -0.39 is 5.92 Å². The number of fused-ring (bicyclic) bond motifs is 1. The van der Waals surface area contributed by atoms with Crippen LogP contribution < -0.4 is 19.3 Å². The van der Waals surface area contributed by atoms with Crippen molar-refractivity contribution in [2.45, 2.75) is 6.42 Å². The van der Waals surface area contributed by atoms with Crippen molar-refractivity contribution in [1.29, 1.82) is 0 Å². The van der Waals surface area contributed by atoms with Gasteiger partial charge in [-0.2, -0.15) is 0 Å². The maximum absolute atomic E-state index is 13.1. The van der Waals surface area contributed by atoms with Gasteiger partial charge in [0.2, 0.25) is 11.8 Å². The van der Waals surface area contributed by atoms with Crippen LogP contribution in [0.4, 0.5) is 10.8 Å². The minimum atomic E-state index is -0.486. The molecule has 156 valence electrons. The van der Waals surface area contributed by atoms with Gasteiger partial charge in [0.1, 0.15) is 11.5 Å². The van der Waals surface area contributed by atoms with Crippen LogP contribution in [0.3, 0.4) is 0 Å². The number of amides is 2. The number of hydrogen-bond acceptors (Lipinski definition) is 6. The fourth-order valence-electron chi connectivity index (χ4n) is 3.53. The van der Waals surface area contributed by atoms with Gasteiger partial charge in [0.05, 0.1) is 41.1 Å². The number of methoxy groups -OCH3 is 2. The van der Waals surface area contributed by atoms with Gasteiger partial charge in [-0.1, -0.05) is 35.1 Å². The molecular formula is C21H20ClN3O4S. The maximum Gasteiger partial charge on any atom is 0.233 e. The molecule has 2 heterocycles. The summed E-state index contributed by atoms with van der Waals surface area (Å²) in [7, 11) is 4.71. The summed E-state index contributed by atoms with van der Waals surface area (Å²) in [4.78, 5) is 33.4. The molecule has 1 aliphatic rings. The van der Waals surface area contributed by atoms with E-state index in [9.17, 15) is 9.59 Å². The van der Waals surface area contributed by atoms with E-state index in [-0.39, 0.29) is 24.8 Å². The third kappa shape index (κ3) is 3.57. The highest BCUT2D eigenvalue weighted by Crippen LogP contribution is 2.40. The van der Waals surface area contributed by atoms with Crippen LogP contribution in [0.1, 0.15) is 6.42 Å². The van der Waals surface area contributed by atoms with Crippen LogP contribution in [0, 0.1) is 5.92 Å². The summed E-state index contributed by atoms with van der Waals surface area (Å²) in [5, 5.41) is 0.972. The SMILES string of the molecule is COc1cc(OC)c(N2C[C@@H](C(=O)N(C)c3nc4ccccc4s3)CC2=O)cc1Cl. The smallest absolute Gasteiger partial charge is 0.233 e. The second kappa shape index (κ2) is 8.12. The highest BCUT2D eigenvalue weighted by atomic mass is 35.5. The lowest BCUT2D eigenvalue weighted by Crippen LogP contribution is -2.34. The number of rotatable bonds is 5. The predicted octanol–water partition coefficient (Wildman–Crippen LogP) is 3.98. The number of para-hydroxylation sites is 1. The Hall–Kier alpha value is -2.84. The minimum Gasteiger partial charge on any atom is -0.495 e. The first-order valence-corrected chi connectivity index (χ1v) is 10.5. The lowest BCUT2D eigenvalue weighted by molar-refractivity contribution is -0.124. The molecule has 4 rings (SSSR count). The number of carbonyl (C=O) groups excluding carboxylic acids is 2. The normalized spacial score (nSPS) is 16.2. The maximum atomic E-state index is 13.1. The number of aromatic nitrogens is 1. The fraction of sp³-hybridized carbons (Fsp3) is 0.286. The van der Waals surface area contributed by atoms with Crippen LogP contribution in [-0.4, -0.2) is 44.6 Å². The molecule has 7 nitrogen and oxygen atoms in total. The van der Waals surface area contributed by atoms with E-state index in [0.717, 1.165) is 10.2 Å². The Bertz CT molecular complexity index is 1100. The van der Waals surface area contributed by atoms with Crippen LogP contribution >= 0.6 is 22.9 Å². The van der Waals surface area contributed by atoms with Crippen LogP contribution in [0.2, 0.25) is 5.02 Å². The quantitative estimate of drug-likeness (QED) is 0.594. The van der Waals surface area contributed by atoms with Gasteiger partial charge in [0, 0.05) is 26.1 Å². The van der Waals surface area contributed by atoms with Crippen molar-refractivity contribution in [3.63, 3.8) is 0 Å². The van der Waals surface area contributed by atoms with E-state index in [4.69, 9.17) is 21.1 Å². The highest BCUT2D eigenvalue weighted by molar-refractivity contribution is 7.22. The standard InChI is InChI=1S/C21H20ClN3O4S/c1-24(21-23-14-6-4-5-7-18(14)30-21)20(27)12-8-19(26)25(11-12)15-9-13(22)16(28-2)10-17(15)29-3/h4-7,9-10,12H,8,11H2,1-3H3/t12-/m0/s1. The van der Waals surface area contributed by atoms with E-state index in [1.54, 1.807) is 24.1 Å². The van der Waals surface area contributed by atoms with Crippen molar-refractivity contribution in [3.05, 3.63) is 41.4 Å². The monoisotopic (exact) mass is 445 g/mol. The molecular weight excluding hydrogens is 426 g/mol. The van der Waals surface area contributed by atoms with E-state index in [1.165, 1.54) is 30.5 Å². The molecule has 0 unspecified atom stereocenters. The Balaban J connectivity index is 1.57. The van der Waals surface area contributed by atoms with Crippen molar-refractivity contribution >= 4 is 55.8 Å². The summed E-state index contributed by atoms with van der Waals surface area (Å²) in [5.74, 6) is 0.110. The molecule has 0 spiro atoms. The summed E-state index contributed by atoms with van der Waals surface area (Å²) in [6.45, 7) is 0.242. The predicted molar refractivity (Wildman–Crippen MR) is 118 cm³/mol. The Morgan fingerprint density at radius 3 is 2.67 bits per heavy atom. The lowest BCUT2D eigenvalue weighted by atomic mass is 10.1. The largest absolute Gasteiger partial charge is 0.495 e. The summed E-state index contributed by atoms with van der Waals surface area (Å²) in [5.41, 5.74) is 1.37. The molecule has 0 bridgehead atoms. The number of carbonyl (C=O) groups is 2. The minimum absolute atomic E-state index is 0.112. The molecule has 3 aromatic rings. The summed E-state index contributed by atoms with van der Waals surface area (Å²) in [6.07, 6.45) is 0.112. The van der Waals surface area contributed by atoms with Crippen molar-refractivity contribution in [2.75, 3.05) is 37.6 Å². The molecule has 1 aromatic heterocycles. The molecule has 0 radical (unpaired) electrons. The van der Waals surface area contributed by atoms with Gasteiger partial charge in [-0.3, -0.25) is 14.5 Å². The molecule has 30 heavy (non-hydrogen) atoms. The topological polar surface area (TPSA) is 72.0 Å². The Kier molecular flexibility index (Phi) is 5.53. The molecule has 1 aliphatic heterocycles. The zero-order chi connectivity index (χ0) is 21.4. The average molecular weight is 446 g/mol. The van der Waals surface area contributed by atoms with Gasteiger partial charge >= 0.3 is 0 Å². The van der Waals surface area contributed by atoms with Gasteiger partial charge in [-0.05, 0) is 18.2 Å². The summed E-state index contributed by atoms with van der Waals surface area (Å²) in [6, 6.07) is 11.0. The van der Waals surface area contributed by atoms with E-state index >= 15 is 0 Å². The van der Waals surface area contributed by atoms with Gasteiger partial charge in [0.15, 0.2) is 5.13 Å². The molecule has 9 heteroatoms. The van der Waals surface area contributed by atoms with E-state index in [1.807, 2.05) is 24.3 Å². The van der Waals surface area contributed by atoms with Crippen molar-refractivity contribution < 1.29 is 19.1 Å².